The molecule has 0 aromatic heterocycles. The van der Waals surface area contributed by atoms with Crippen molar-refractivity contribution in [3.05, 3.63) is 29.8 Å². The Hall–Kier alpha value is -2.18. The van der Waals surface area contributed by atoms with Crippen molar-refractivity contribution in [2.45, 2.75) is 6.61 Å². The largest absolute Gasteiger partial charge is 0.481 e. The van der Waals surface area contributed by atoms with E-state index in [4.69, 9.17) is 5.11 Å². The summed E-state index contributed by atoms with van der Waals surface area (Å²) in [5, 5.41) is 8.71. The Labute approximate surface area is 107 Å². The van der Waals surface area contributed by atoms with Crippen molar-refractivity contribution in [2.24, 2.45) is 5.92 Å². The Balaban J connectivity index is 2.02. The number of carboxylic acid groups (broad SMARTS) is 1. The van der Waals surface area contributed by atoms with Crippen LogP contribution in [0.4, 0.5) is 8.78 Å². The number of aliphatic carboxylic acids is 1. The highest BCUT2D eigenvalue weighted by atomic mass is 19.3. The first-order valence-corrected chi connectivity index (χ1v) is 5.54. The van der Waals surface area contributed by atoms with Gasteiger partial charge in [0, 0.05) is 18.7 Å². The number of rotatable bonds is 4. The lowest BCUT2D eigenvalue weighted by atomic mass is 9.99. The lowest BCUT2D eigenvalue weighted by Gasteiger charge is -2.36. The summed E-state index contributed by atoms with van der Waals surface area (Å²) in [4.78, 5) is 23.9. The molecule has 0 radical (unpaired) electrons. The summed E-state index contributed by atoms with van der Waals surface area (Å²) in [7, 11) is 0. The molecule has 1 aliphatic rings. The molecule has 1 heterocycles. The average Bonchev–Trinajstić information content (AvgIpc) is 2.25. The van der Waals surface area contributed by atoms with Crippen LogP contribution in [0.25, 0.3) is 0 Å². The summed E-state index contributed by atoms with van der Waals surface area (Å²) < 4.78 is 28.3. The number of amides is 1. The fourth-order valence-corrected chi connectivity index (χ4v) is 1.79. The molecule has 0 unspecified atom stereocenters. The summed E-state index contributed by atoms with van der Waals surface area (Å²) in [5.41, 5.74) is 0.196. The van der Waals surface area contributed by atoms with Gasteiger partial charge in [0.2, 0.25) is 0 Å². The normalized spacial score (nSPS) is 15.2. The topological polar surface area (TPSA) is 66.8 Å². The molecule has 5 nitrogen and oxygen atoms in total. The van der Waals surface area contributed by atoms with Gasteiger partial charge in [0.1, 0.15) is 5.75 Å². The predicted octanol–water partition coefficient (Wildman–Crippen LogP) is 1.44. The number of likely N-dealkylation sites (tertiary alicyclic amines) is 1. The van der Waals surface area contributed by atoms with Gasteiger partial charge in [-0.2, -0.15) is 8.78 Å². The van der Waals surface area contributed by atoms with E-state index in [1.807, 2.05) is 0 Å². The van der Waals surface area contributed by atoms with Gasteiger partial charge in [-0.3, -0.25) is 9.59 Å². The van der Waals surface area contributed by atoms with Crippen molar-refractivity contribution >= 4 is 11.9 Å². The van der Waals surface area contributed by atoms with Crippen LogP contribution in [0.3, 0.4) is 0 Å². The minimum absolute atomic E-state index is 0.101. The third-order valence-electron chi connectivity index (χ3n) is 2.82. The molecule has 19 heavy (non-hydrogen) atoms. The smallest absolute Gasteiger partial charge is 0.387 e. The summed E-state index contributed by atoms with van der Waals surface area (Å²) in [6.07, 6.45) is 0. The number of carboxylic acids is 1. The first-order chi connectivity index (χ1) is 8.97. The van der Waals surface area contributed by atoms with Crippen LogP contribution < -0.4 is 4.74 Å². The van der Waals surface area contributed by atoms with Gasteiger partial charge in [0.15, 0.2) is 0 Å². The van der Waals surface area contributed by atoms with Crippen LogP contribution in [-0.4, -0.2) is 41.6 Å². The molecule has 1 N–H and O–H groups in total. The Morgan fingerprint density at radius 3 is 2.63 bits per heavy atom. The lowest BCUT2D eigenvalue weighted by Crippen LogP contribution is -2.53. The second-order valence-corrected chi connectivity index (χ2v) is 4.15. The van der Waals surface area contributed by atoms with E-state index in [0.29, 0.717) is 0 Å². The molecule has 1 saturated heterocycles. The van der Waals surface area contributed by atoms with Crippen LogP contribution in [-0.2, 0) is 4.79 Å². The zero-order valence-electron chi connectivity index (χ0n) is 9.75. The van der Waals surface area contributed by atoms with Crippen LogP contribution in [0.2, 0.25) is 0 Å². The quantitative estimate of drug-likeness (QED) is 0.900. The van der Waals surface area contributed by atoms with E-state index in [1.165, 1.54) is 29.2 Å². The number of alkyl halides is 2. The number of nitrogens with zero attached hydrogens (tertiary/aromatic N) is 1. The predicted molar refractivity (Wildman–Crippen MR) is 60.1 cm³/mol. The average molecular weight is 271 g/mol. The Morgan fingerprint density at radius 1 is 1.37 bits per heavy atom. The molecule has 1 aromatic carbocycles. The molecular weight excluding hydrogens is 260 g/mol. The number of ether oxygens (including phenoxy) is 1. The Morgan fingerprint density at radius 2 is 2.05 bits per heavy atom. The van der Waals surface area contributed by atoms with Gasteiger partial charge < -0.3 is 14.7 Å². The molecule has 0 spiro atoms. The molecule has 1 aromatic rings. The molecule has 102 valence electrons. The first kappa shape index (κ1) is 13.3. The van der Waals surface area contributed by atoms with Crippen LogP contribution in [0.1, 0.15) is 10.4 Å². The van der Waals surface area contributed by atoms with Gasteiger partial charge >= 0.3 is 12.6 Å². The maximum Gasteiger partial charge on any atom is 0.387 e. The van der Waals surface area contributed by atoms with Gasteiger partial charge in [0.05, 0.1) is 5.92 Å². The zero-order valence-corrected chi connectivity index (χ0v) is 9.75. The van der Waals surface area contributed by atoms with E-state index in [0.717, 1.165) is 0 Å². The van der Waals surface area contributed by atoms with E-state index in [-0.39, 0.29) is 24.4 Å². The summed E-state index contributed by atoms with van der Waals surface area (Å²) in [6.45, 7) is -2.69. The molecule has 1 fully saturated rings. The van der Waals surface area contributed by atoms with Gasteiger partial charge in [-0.1, -0.05) is 6.07 Å². The van der Waals surface area contributed by atoms with Crippen molar-refractivity contribution < 1.29 is 28.2 Å². The number of hydrogen-bond acceptors (Lipinski definition) is 3. The minimum atomic E-state index is -2.95. The number of benzene rings is 1. The highest BCUT2D eigenvalue weighted by Crippen LogP contribution is 2.21. The van der Waals surface area contributed by atoms with Crippen LogP contribution >= 0.6 is 0 Å². The van der Waals surface area contributed by atoms with Crippen LogP contribution in [0.5, 0.6) is 5.75 Å². The fourth-order valence-electron chi connectivity index (χ4n) is 1.79. The van der Waals surface area contributed by atoms with E-state index < -0.39 is 24.4 Å². The third kappa shape index (κ3) is 2.98. The van der Waals surface area contributed by atoms with E-state index in [1.54, 1.807) is 0 Å². The zero-order chi connectivity index (χ0) is 14.0. The number of halogens is 2. The molecule has 0 aliphatic carbocycles. The first-order valence-electron chi connectivity index (χ1n) is 5.54. The highest BCUT2D eigenvalue weighted by Gasteiger charge is 2.35. The molecule has 2 rings (SSSR count). The van der Waals surface area contributed by atoms with Gasteiger partial charge in [-0.25, -0.2) is 0 Å². The fraction of sp³-hybridized carbons (Fsp3) is 0.333. The Kier molecular flexibility index (Phi) is 3.64. The number of hydrogen-bond donors (Lipinski definition) is 1. The van der Waals surface area contributed by atoms with Crippen molar-refractivity contribution in [3.8, 4) is 5.75 Å². The van der Waals surface area contributed by atoms with Gasteiger partial charge in [0.25, 0.3) is 5.91 Å². The maximum absolute atomic E-state index is 12.0. The third-order valence-corrected chi connectivity index (χ3v) is 2.82. The SMILES string of the molecule is O=C(O)C1CN(C(=O)c2cccc(OC(F)F)c2)C1. The lowest BCUT2D eigenvalue weighted by molar-refractivity contribution is -0.146. The molecule has 1 aliphatic heterocycles. The van der Waals surface area contributed by atoms with Crippen molar-refractivity contribution in [2.75, 3.05) is 13.1 Å². The molecule has 7 heteroatoms. The van der Waals surface area contributed by atoms with Gasteiger partial charge in [-0.15, -0.1) is 0 Å². The molecular formula is C12H11F2NO4. The Bertz CT molecular complexity index is 500. The van der Waals surface area contributed by atoms with Crippen LogP contribution in [0.15, 0.2) is 24.3 Å². The van der Waals surface area contributed by atoms with E-state index in [2.05, 4.69) is 4.74 Å². The van der Waals surface area contributed by atoms with Gasteiger partial charge in [-0.05, 0) is 18.2 Å². The summed E-state index contributed by atoms with van der Waals surface area (Å²) >= 11 is 0. The molecule has 1 amide bonds. The van der Waals surface area contributed by atoms with Crippen molar-refractivity contribution in [3.63, 3.8) is 0 Å². The van der Waals surface area contributed by atoms with E-state index >= 15 is 0 Å². The standard InChI is InChI=1S/C12H11F2NO4/c13-12(14)19-9-3-1-2-7(4-9)10(16)15-5-8(6-15)11(17)18/h1-4,8,12H,5-6H2,(H,17,18). The molecule has 0 atom stereocenters. The minimum Gasteiger partial charge on any atom is -0.481 e. The van der Waals surface area contributed by atoms with Crippen molar-refractivity contribution in [1.82, 2.24) is 4.90 Å². The summed E-state index contributed by atoms with van der Waals surface area (Å²) in [6, 6.07) is 5.43. The maximum atomic E-state index is 12.0. The monoisotopic (exact) mass is 271 g/mol. The van der Waals surface area contributed by atoms with E-state index in [9.17, 15) is 18.4 Å². The summed E-state index contributed by atoms with van der Waals surface area (Å²) in [5.74, 6) is -1.99. The second kappa shape index (κ2) is 5.21. The van der Waals surface area contributed by atoms with Crippen LogP contribution in [0, 0.1) is 5.92 Å². The highest BCUT2D eigenvalue weighted by molar-refractivity contribution is 5.96. The molecule has 0 saturated carbocycles. The van der Waals surface area contributed by atoms with Crippen molar-refractivity contribution in [1.29, 1.82) is 0 Å². The molecule has 0 bridgehead atoms. The second-order valence-electron chi connectivity index (χ2n) is 4.15. The number of carbonyl (C=O) groups is 2. The number of carbonyl (C=O) groups excluding carboxylic acids is 1.